The normalized spacial score (nSPS) is 22.0. The van der Waals surface area contributed by atoms with Gasteiger partial charge in [0.1, 0.15) is 0 Å². The van der Waals surface area contributed by atoms with Crippen molar-refractivity contribution < 1.29 is 18.0 Å². The van der Waals surface area contributed by atoms with E-state index in [4.69, 9.17) is 0 Å². The maximum absolute atomic E-state index is 13.1. The van der Waals surface area contributed by atoms with Crippen LogP contribution in [0.1, 0.15) is 36.5 Å². The minimum atomic E-state index is -1.55. The zero-order valence-electron chi connectivity index (χ0n) is 11.1. The molecule has 2 nitrogen and oxygen atoms in total. The van der Waals surface area contributed by atoms with E-state index in [0.29, 0.717) is 5.25 Å². The lowest BCUT2D eigenvalue weighted by Gasteiger charge is -2.13. The molecule has 0 aliphatic heterocycles. The number of thioether (sulfide) groups is 1. The van der Waals surface area contributed by atoms with Crippen molar-refractivity contribution in [2.75, 3.05) is 5.75 Å². The molecule has 1 aromatic carbocycles. The van der Waals surface area contributed by atoms with E-state index in [0.717, 1.165) is 37.1 Å². The highest BCUT2D eigenvalue weighted by Crippen LogP contribution is 2.29. The molecule has 1 saturated carbocycles. The van der Waals surface area contributed by atoms with Gasteiger partial charge in [-0.3, -0.25) is 4.79 Å². The topological polar surface area (TPSA) is 29.1 Å². The molecule has 0 spiro atoms. The Kier molecular flexibility index (Phi) is 4.96. The highest BCUT2D eigenvalue weighted by molar-refractivity contribution is 7.99. The van der Waals surface area contributed by atoms with E-state index in [1.165, 1.54) is 0 Å². The Morgan fingerprint density at radius 1 is 1.30 bits per heavy atom. The molecule has 2 atom stereocenters. The molecule has 1 aliphatic rings. The van der Waals surface area contributed by atoms with E-state index in [-0.39, 0.29) is 11.6 Å². The van der Waals surface area contributed by atoms with Crippen molar-refractivity contribution in [1.82, 2.24) is 5.32 Å². The van der Waals surface area contributed by atoms with Gasteiger partial charge in [0, 0.05) is 16.9 Å². The van der Waals surface area contributed by atoms with Gasteiger partial charge in [-0.05, 0) is 37.1 Å². The Morgan fingerprint density at radius 3 is 2.55 bits per heavy atom. The fraction of sp³-hybridized carbons (Fsp3) is 0.500. The van der Waals surface area contributed by atoms with E-state index in [9.17, 15) is 18.0 Å². The van der Waals surface area contributed by atoms with Gasteiger partial charge >= 0.3 is 0 Å². The fourth-order valence-corrected chi connectivity index (χ4v) is 3.56. The number of nitrogens with one attached hydrogen (secondary N) is 1. The lowest BCUT2D eigenvalue weighted by Crippen LogP contribution is -2.33. The minimum absolute atomic E-state index is 0.0164. The number of hydrogen-bond acceptors (Lipinski definition) is 2. The summed E-state index contributed by atoms with van der Waals surface area (Å²) in [4.78, 5) is 11.9. The van der Waals surface area contributed by atoms with Crippen molar-refractivity contribution in [3.05, 3.63) is 35.1 Å². The first-order chi connectivity index (χ1) is 9.51. The SMILES string of the molecule is CCSC1CCC(NC(=O)c2cc(F)c(F)c(F)c2)C1. The summed E-state index contributed by atoms with van der Waals surface area (Å²) in [5, 5.41) is 3.27. The molecule has 1 fully saturated rings. The Labute approximate surface area is 120 Å². The molecule has 0 radical (unpaired) electrons. The maximum Gasteiger partial charge on any atom is 0.251 e. The van der Waals surface area contributed by atoms with E-state index >= 15 is 0 Å². The molecule has 1 N–H and O–H groups in total. The molecule has 1 amide bonds. The summed E-state index contributed by atoms with van der Waals surface area (Å²) in [6.07, 6.45) is 2.74. The predicted molar refractivity (Wildman–Crippen MR) is 73.3 cm³/mol. The van der Waals surface area contributed by atoms with Crippen LogP contribution in [0.15, 0.2) is 12.1 Å². The van der Waals surface area contributed by atoms with Gasteiger partial charge in [-0.2, -0.15) is 11.8 Å². The fourth-order valence-electron chi connectivity index (χ4n) is 2.41. The average molecular weight is 303 g/mol. The van der Waals surface area contributed by atoms with Crippen LogP contribution in [0, 0.1) is 17.5 Å². The van der Waals surface area contributed by atoms with Crippen LogP contribution in [0.4, 0.5) is 13.2 Å². The van der Waals surface area contributed by atoms with Gasteiger partial charge in [0.05, 0.1) is 0 Å². The third kappa shape index (κ3) is 3.48. The first-order valence-corrected chi connectivity index (χ1v) is 7.63. The first-order valence-electron chi connectivity index (χ1n) is 6.58. The van der Waals surface area contributed by atoms with Crippen LogP contribution in [0.5, 0.6) is 0 Å². The molecule has 6 heteroatoms. The molecule has 1 aromatic rings. The van der Waals surface area contributed by atoms with E-state index in [1.54, 1.807) is 0 Å². The minimum Gasteiger partial charge on any atom is -0.349 e. The molecule has 2 unspecified atom stereocenters. The summed E-state index contributed by atoms with van der Waals surface area (Å²) in [5.74, 6) is -3.78. The van der Waals surface area contributed by atoms with Crippen LogP contribution in [-0.2, 0) is 0 Å². The van der Waals surface area contributed by atoms with Crippen molar-refractivity contribution in [3.8, 4) is 0 Å². The highest BCUT2D eigenvalue weighted by atomic mass is 32.2. The Hall–Kier alpha value is -1.17. The number of carbonyl (C=O) groups excluding carboxylic acids is 1. The van der Waals surface area contributed by atoms with Crippen molar-refractivity contribution in [2.45, 2.75) is 37.5 Å². The number of halogens is 3. The smallest absolute Gasteiger partial charge is 0.251 e. The van der Waals surface area contributed by atoms with Gasteiger partial charge < -0.3 is 5.32 Å². The molecule has 20 heavy (non-hydrogen) atoms. The third-order valence-corrected chi connectivity index (χ3v) is 4.60. The lowest BCUT2D eigenvalue weighted by molar-refractivity contribution is 0.0937. The van der Waals surface area contributed by atoms with Gasteiger partial charge in [-0.15, -0.1) is 0 Å². The van der Waals surface area contributed by atoms with E-state index in [2.05, 4.69) is 12.2 Å². The Balaban J connectivity index is 1.99. The number of benzene rings is 1. The van der Waals surface area contributed by atoms with Gasteiger partial charge in [-0.1, -0.05) is 6.92 Å². The first kappa shape index (κ1) is 15.2. The van der Waals surface area contributed by atoms with Crippen LogP contribution >= 0.6 is 11.8 Å². The molecular formula is C14H16F3NOS. The van der Waals surface area contributed by atoms with E-state index < -0.39 is 23.4 Å². The summed E-state index contributed by atoms with van der Waals surface area (Å²) in [6, 6.07) is 1.46. The van der Waals surface area contributed by atoms with Crippen LogP contribution < -0.4 is 5.32 Å². The summed E-state index contributed by atoms with van der Waals surface area (Å²) in [5.41, 5.74) is -0.187. The largest absolute Gasteiger partial charge is 0.349 e. The van der Waals surface area contributed by atoms with Crippen LogP contribution in [0.25, 0.3) is 0 Å². The van der Waals surface area contributed by atoms with Crippen molar-refractivity contribution in [2.24, 2.45) is 0 Å². The van der Waals surface area contributed by atoms with E-state index in [1.807, 2.05) is 11.8 Å². The molecule has 0 saturated heterocycles. The zero-order chi connectivity index (χ0) is 14.7. The lowest BCUT2D eigenvalue weighted by atomic mass is 10.1. The molecule has 1 aliphatic carbocycles. The average Bonchev–Trinajstić information content (AvgIpc) is 2.83. The van der Waals surface area contributed by atoms with Crippen LogP contribution in [0.2, 0.25) is 0 Å². The zero-order valence-corrected chi connectivity index (χ0v) is 11.9. The predicted octanol–water partition coefficient (Wildman–Crippen LogP) is 3.51. The third-order valence-electron chi connectivity index (χ3n) is 3.37. The summed E-state index contributed by atoms with van der Waals surface area (Å²) in [6.45, 7) is 2.08. The summed E-state index contributed by atoms with van der Waals surface area (Å²) < 4.78 is 39.0. The Bertz CT molecular complexity index is 486. The van der Waals surface area contributed by atoms with Crippen LogP contribution in [0.3, 0.4) is 0 Å². The highest BCUT2D eigenvalue weighted by Gasteiger charge is 2.26. The van der Waals surface area contributed by atoms with Crippen molar-refractivity contribution >= 4 is 17.7 Å². The number of carbonyl (C=O) groups is 1. The van der Waals surface area contributed by atoms with Crippen LogP contribution in [-0.4, -0.2) is 23.0 Å². The second-order valence-electron chi connectivity index (χ2n) is 4.81. The molecule has 0 aromatic heterocycles. The van der Waals surface area contributed by atoms with Gasteiger partial charge in [0.25, 0.3) is 5.91 Å². The second-order valence-corrected chi connectivity index (χ2v) is 6.39. The van der Waals surface area contributed by atoms with Gasteiger partial charge in [0.2, 0.25) is 0 Å². The molecule has 110 valence electrons. The Morgan fingerprint density at radius 2 is 1.95 bits per heavy atom. The second kappa shape index (κ2) is 6.52. The number of amides is 1. The van der Waals surface area contributed by atoms with Gasteiger partial charge in [-0.25, -0.2) is 13.2 Å². The molecular weight excluding hydrogens is 287 g/mol. The van der Waals surface area contributed by atoms with Gasteiger partial charge in [0.15, 0.2) is 17.5 Å². The quantitative estimate of drug-likeness (QED) is 0.863. The standard InChI is InChI=1S/C14H16F3NOS/c1-2-20-10-4-3-9(7-10)18-14(19)8-5-11(15)13(17)12(16)6-8/h5-6,9-10H,2-4,7H2,1H3,(H,18,19). The van der Waals surface area contributed by atoms with Crippen molar-refractivity contribution in [3.63, 3.8) is 0 Å². The summed E-state index contributed by atoms with van der Waals surface area (Å²) >= 11 is 1.85. The summed E-state index contributed by atoms with van der Waals surface area (Å²) in [7, 11) is 0. The number of rotatable bonds is 4. The maximum atomic E-state index is 13.1. The molecule has 0 bridgehead atoms. The number of hydrogen-bond donors (Lipinski definition) is 1. The molecule has 2 rings (SSSR count). The van der Waals surface area contributed by atoms with Crippen molar-refractivity contribution in [1.29, 1.82) is 0 Å². The monoisotopic (exact) mass is 303 g/mol. The molecule has 0 heterocycles.